The van der Waals surface area contributed by atoms with Crippen LogP contribution in [-0.4, -0.2) is 42.0 Å². The molecule has 1 saturated heterocycles. The third-order valence-electron chi connectivity index (χ3n) is 1.79. The molecule has 76 valence electrons. The summed E-state index contributed by atoms with van der Waals surface area (Å²) in [6.07, 6.45) is 0.510. The van der Waals surface area contributed by atoms with Gasteiger partial charge in [0.25, 0.3) is 0 Å². The van der Waals surface area contributed by atoms with E-state index in [2.05, 4.69) is 0 Å². The molecule has 0 atom stereocenters. The van der Waals surface area contributed by atoms with Gasteiger partial charge in [0, 0.05) is 13.0 Å². The molecule has 1 fully saturated rings. The molecule has 1 aliphatic rings. The number of rotatable bonds is 3. The van der Waals surface area contributed by atoms with E-state index in [1.54, 1.807) is 0 Å². The van der Waals surface area contributed by atoms with Crippen molar-refractivity contribution in [1.82, 2.24) is 10.2 Å². The summed E-state index contributed by atoms with van der Waals surface area (Å²) in [6.45, 7) is 0.0292. The molecule has 0 bridgehead atoms. The number of nitrogens with zero attached hydrogens (tertiary/aromatic N) is 1. The van der Waals surface area contributed by atoms with Crippen LogP contribution in [0.15, 0.2) is 0 Å². The molecule has 0 aromatic carbocycles. The molecule has 1 rings (SSSR count). The highest BCUT2D eigenvalue weighted by molar-refractivity contribution is 6.07. The van der Waals surface area contributed by atoms with Crippen molar-refractivity contribution in [2.45, 2.75) is 12.8 Å². The van der Waals surface area contributed by atoms with Gasteiger partial charge in [-0.2, -0.15) is 0 Å². The number of carbonyl (C=O) groups is 4. The van der Waals surface area contributed by atoms with Crippen molar-refractivity contribution in [3.05, 3.63) is 0 Å². The molecule has 1 heterocycles. The number of amides is 3. The molecule has 1 N–H and O–H groups in total. The second-order valence-electron chi connectivity index (χ2n) is 2.92. The molecule has 0 aromatic heterocycles. The molecular formula is C8H10N2O4. The van der Waals surface area contributed by atoms with Crippen molar-refractivity contribution >= 4 is 24.0 Å². The first-order chi connectivity index (χ1) is 6.63. The van der Waals surface area contributed by atoms with Gasteiger partial charge in [0.2, 0.25) is 17.7 Å². The van der Waals surface area contributed by atoms with Gasteiger partial charge in [0.15, 0.2) is 0 Å². The largest absolute Gasteiger partial charge is 0.332 e. The first-order valence-corrected chi connectivity index (χ1v) is 4.17. The van der Waals surface area contributed by atoms with Crippen LogP contribution in [0.5, 0.6) is 0 Å². The van der Waals surface area contributed by atoms with Gasteiger partial charge < -0.3 is 9.69 Å². The fourth-order valence-corrected chi connectivity index (χ4v) is 1.16. The molecule has 0 radical (unpaired) electrons. The van der Waals surface area contributed by atoms with E-state index < -0.39 is 17.7 Å². The lowest BCUT2D eigenvalue weighted by Crippen LogP contribution is -2.36. The molecule has 6 heteroatoms. The zero-order valence-corrected chi connectivity index (χ0v) is 7.49. The highest BCUT2D eigenvalue weighted by Gasteiger charge is 2.24. The molecule has 1 aliphatic heterocycles. The summed E-state index contributed by atoms with van der Waals surface area (Å²) in [5, 5.41) is 2.05. The minimum atomic E-state index is -0.589. The second kappa shape index (κ2) is 4.50. The lowest BCUT2D eigenvalue weighted by molar-refractivity contribution is -0.134. The van der Waals surface area contributed by atoms with Crippen LogP contribution in [0.1, 0.15) is 12.8 Å². The van der Waals surface area contributed by atoms with Crippen LogP contribution in [0.2, 0.25) is 0 Å². The summed E-state index contributed by atoms with van der Waals surface area (Å²) < 4.78 is 0. The molecule has 0 aliphatic carbocycles. The van der Waals surface area contributed by atoms with Gasteiger partial charge in [-0.05, 0) is 0 Å². The van der Waals surface area contributed by atoms with Gasteiger partial charge in [-0.15, -0.1) is 0 Å². The van der Waals surface area contributed by atoms with E-state index in [-0.39, 0.29) is 25.9 Å². The van der Waals surface area contributed by atoms with Gasteiger partial charge in [0.1, 0.15) is 12.7 Å². The number of carbonyl (C=O) groups excluding carboxylic acids is 4. The SMILES string of the molecule is O=CCCN1CC(=O)NC(=O)CC1=O. The Kier molecular flexibility index (Phi) is 3.33. The lowest BCUT2D eigenvalue weighted by atomic mass is 10.3. The van der Waals surface area contributed by atoms with E-state index >= 15 is 0 Å². The highest BCUT2D eigenvalue weighted by Crippen LogP contribution is 1.99. The van der Waals surface area contributed by atoms with Gasteiger partial charge in [-0.3, -0.25) is 19.7 Å². The summed E-state index contributed by atoms with van der Waals surface area (Å²) in [5.74, 6) is -1.52. The van der Waals surface area contributed by atoms with Gasteiger partial charge in [0.05, 0.1) is 6.54 Å². The smallest absolute Gasteiger partial charge is 0.246 e. The predicted octanol–water partition coefficient (Wildman–Crippen LogP) is -1.55. The third kappa shape index (κ3) is 2.65. The van der Waals surface area contributed by atoms with Crippen LogP contribution in [0.3, 0.4) is 0 Å². The van der Waals surface area contributed by atoms with Crippen molar-refractivity contribution in [2.75, 3.05) is 13.1 Å². The standard InChI is InChI=1S/C8H10N2O4/c11-3-1-2-10-5-7(13)9-6(12)4-8(10)14/h3H,1-2,4-5H2,(H,9,12,13). The quantitative estimate of drug-likeness (QED) is 0.338. The zero-order chi connectivity index (χ0) is 10.6. The first kappa shape index (κ1) is 10.4. The van der Waals surface area contributed by atoms with E-state index in [1.807, 2.05) is 5.32 Å². The van der Waals surface area contributed by atoms with Crippen molar-refractivity contribution in [1.29, 1.82) is 0 Å². The second-order valence-corrected chi connectivity index (χ2v) is 2.92. The molecule has 0 aromatic rings. The number of hydrogen-bond acceptors (Lipinski definition) is 4. The van der Waals surface area contributed by atoms with Crippen LogP contribution in [0.4, 0.5) is 0 Å². The van der Waals surface area contributed by atoms with Crippen LogP contribution in [-0.2, 0) is 19.2 Å². The molecule has 6 nitrogen and oxygen atoms in total. The Balaban J connectivity index is 2.63. The molecule has 14 heavy (non-hydrogen) atoms. The minimum absolute atomic E-state index is 0.154. The Bertz CT molecular complexity index is 287. The Labute approximate surface area is 80.2 Å². The lowest BCUT2D eigenvalue weighted by Gasteiger charge is -2.16. The average molecular weight is 198 g/mol. The number of imide groups is 1. The normalized spacial score (nSPS) is 17.7. The Morgan fingerprint density at radius 3 is 2.64 bits per heavy atom. The van der Waals surface area contributed by atoms with Crippen LogP contribution >= 0.6 is 0 Å². The molecule has 0 spiro atoms. The fourth-order valence-electron chi connectivity index (χ4n) is 1.16. The van der Waals surface area contributed by atoms with Crippen LogP contribution in [0, 0.1) is 0 Å². The maximum atomic E-state index is 11.3. The maximum absolute atomic E-state index is 11.3. The van der Waals surface area contributed by atoms with Crippen molar-refractivity contribution in [2.24, 2.45) is 0 Å². The monoisotopic (exact) mass is 198 g/mol. The summed E-state index contributed by atoms with van der Waals surface area (Å²) >= 11 is 0. The van der Waals surface area contributed by atoms with E-state index in [1.165, 1.54) is 4.90 Å². The molecule has 0 unspecified atom stereocenters. The maximum Gasteiger partial charge on any atom is 0.246 e. The van der Waals surface area contributed by atoms with Crippen molar-refractivity contribution < 1.29 is 19.2 Å². The average Bonchev–Trinajstić information content (AvgIpc) is 2.21. The first-order valence-electron chi connectivity index (χ1n) is 4.17. The molecular weight excluding hydrogens is 188 g/mol. The van der Waals surface area contributed by atoms with Crippen LogP contribution in [0.25, 0.3) is 0 Å². The van der Waals surface area contributed by atoms with Crippen molar-refractivity contribution in [3.8, 4) is 0 Å². The third-order valence-corrected chi connectivity index (χ3v) is 1.79. The van der Waals surface area contributed by atoms with Crippen LogP contribution < -0.4 is 5.32 Å². The van der Waals surface area contributed by atoms with E-state index in [9.17, 15) is 19.2 Å². The summed E-state index contributed by atoms with van der Waals surface area (Å²) in [4.78, 5) is 44.4. The topological polar surface area (TPSA) is 83.6 Å². The van der Waals surface area contributed by atoms with Gasteiger partial charge >= 0.3 is 0 Å². The predicted molar refractivity (Wildman–Crippen MR) is 45.0 cm³/mol. The van der Waals surface area contributed by atoms with E-state index in [4.69, 9.17) is 0 Å². The van der Waals surface area contributed by atoms with E-state index in [0.717, 1.165) is 0 Å². The summed E-state index contributed by atoms with van der Waals surface area (Å²) in [6, 6.07) is 0. The highest BCUT2D eigenvalue weighted by atomic mass is 16.2. The number of hydrogen-bond donors (Lipinski definition) is 1. The minimum Gasteiger partial charge on any atom is -0.332 e. The Morgan fingerprint density at radius 1 is 1.29 bits per heavy atom. The number of aldehydes is 1. The Hall–Kier alpha value is -1.72. The zero-order valence-electron chi connectivity index (χ0n) is 7.49. The van der Waals surface area contributed by atoms with E-state index in [0.29, 0.717) is 6.29 Å². The summed E-state index contributed by atoms with van der Waals surface area (Å²) in [5.41, 5.74) is 0. The molecule has 0 saturated carbocycles. The number of nitrogens with one attached hydrogen (secondary N) is 1. The van der Waals surface area contributed by atoms with Gasteiger partial charge in [-0.25, -0.2) is 0 Å². The van der Waals surface area contributed by atoms with Gasteiger partial charge in [-0.1, -0.05) is 0 Å². The Morgan fingerprint density at radius 2 is 2.00 bits per heavy atom. The summed E-state index contributed by atoms with van der Waals surface area (Å²) in [7, 11) is 0. The molecule has 3 amide bonds. The fraction of sp³-hybridized carbons (Fsp3) is 0.500. The van der Waals surface area contributed by atoms with Crippen molar-refractivity contribution in [3.63, 3.8) is 0 Å².